The minimum absolute atomic E-state index is 0.638. The largest absolute Gasteiger partial charge is 0.494 e. The van der Waals surface area contributed by atoms with Crippen LogP contribution >= 0.6 is 11.3 Å². The standard InChI is InChI=1S/C20H25N3OS/c1-2-9-24-17-3-4-19-18(10-17)16(11-21-19)12-23-7-5-15(6-8-23)20-13-25-14-22-20/h3-4,10-11,13-15,21H,2,5-9,12H2,1H3. The van der Waals surface area contributed by atoms with E-state index in [0.29, 0.717) is 5.92 Å². The van der Waals surface area contributed by atoms with Gasteiger partial charge in [0.1, 0.15) is 5.75 Å². The van der Waals surface area contributed by atoms with Gasteiger partial charge in [-0.15, -0.1) is 11.3 Å². The van der Waals surface area contributed by atoms with Crippen molar-refractivity contribution in [3.63, 3.8) is 0 Å². The summed E-state index contributed by atoms with van der Waals surface area (Å²) in [5.41, 5.74) is 5.79. The zero-order valence-electron chi connectivity index (χ0n) is 14.7. The summed E-state index contributed by atoms with van der Waals surface area (Å²) in [7, 11) is 0. The Morgan fingerprint density at radius 2 is 2.20 bits per heavy atom. The fourth-order valence-electron chi connectivity index (χ4n) is 3.65. The minimum Gasteiger partial charge on any atom is -0.494 e. The maximum Gasteiger partial charge on any atom is 0.120 e. The summed E-state index contributed by atoms with van der Waals surface area (Å²) in [4.78, 5) is 10.5. The van der Waals surface area contributed by atoms with Gasteiger partial charge in [-0.05, 0) is 56.1 Å². The van der Waals surface area contributed by atoms with Gasteiger partial charge in [0, 0.05) is 34.9 Å². The third-order valence-corrected chi connectivity index (χ3v) is 5.67. The highest BCUT2D eigenvalue weighted by Gasteiger charge is 2.22. The number of fused-ring (bicyclic) bond motifs is 1. The first-order valence-corrected chi connectivity index (χ1v) is 10.1. The maximum atomic E-state index is 5.80. The van der Waals surface area contributed by atoms with Crippen molar-refractivity contribution >= 4 is 22.2 Å². The fourth-order valence-corrected chi connectivity index (χ4v) is 4.29. The highest BCUT2D eigenvalue weighted by Crippen LogP contribution is 2.30. The lowest BCUT2D eigenvalue weighted by molar-refractivity contribution is 0.204. The Morgan fingerprint density at radius 1 is 1.32 bits per heavy atom. The molecule has 1 aliphatic rings. The van der Waals surface area contributed by atoms with Crippen molar-refractivity contribution in [2.24, 2.45) is 0 Å². The van der Waals surface area contributed by atoms with Crippen molar-refractivity contribution in [2.45, 2.75) is 38.6 Å². The molecule has 1 saturated heterocycles. The van der Waals surface area contributed by atoms with Gasteiger partial charge in [0.2, 0.25) is 0 Å². The molecule has 0 atom stereocenters. The van der Waals surface area contributed by atoms with Crippen LogP contribution in [0, 0.1) is 0 Å². The average Bonchev–Trinajstić information content (AvgIpc) is 3.31. The quantitative estimate of drug-likeness (QED) is 0.691. The molecule has 4 nitrogen and oxygen atoms in total. The number of rotatable bonds is 6. The van der Waals surface area contributed by atoms with Crippen molar-refractivity contribution in [2.75, 3.05) is 19.7 Å². The normalized spacial score (nSPS) is 16.5. The molecule has 1 aliphatic heterocycles. The van der Waals surface area contributed by atoms with Crippen LogP contribution in [0.5, 0.6) is 5.75 Å². The fraction of sp³-hybridized carbons (Fsp3) is 0.450. The maximum absolute atomic E-state index is 5.80. The van der Waals surface area contributed by atoms with E-state index in [4.69, 9.17) is 4.74 Å². The number of nitrogens with one attached hydrogen (secondary N) is 1. The summed E-state index contributed by atoms with van der Waals surface area (Å²) < 4.78 is 5.80. The van der Waals surface area contributed by atoms with E-state index in [9.17, 15) is 0 Å². The second-order valence-corrected chi connectivity index (χ2v) is 7.55. The molecular formula is C20H25N3OS. The monoisotopic (exact) mass is 355 g/mol. The lowest BCUT2D eigenvalue weighted by atomic mass is 9.94. The smallest absolute Gasteiger partial charge is 0.120 e. The van der Waals surface area contributed by atoms with Crippen molar-refractivity contribution in [3.05, 3.63) is 46.5 Å². The Morgan fingerprint density at radius 3 is 2.96 bits per heavy atom. The van der Waals surface area contributed by atoms with Crippen molar-refractivity contribution in [1.29, 1.82) is 0 Å². The SMILES string of the molecule is CCCOc1ccc2[nH]cc(CN3CCC(c4cscn4)CC3)c2c1. The van der Waals surface area contributed by atoms with E-state index < -0.39 is 0 Å². The molecule has 0 spiro atoms. The second kappa shape index (κ2) is 7.58. The van der Waals surface area contributed by atoms with Crippen molar-refractivity contribution in [1.82, 2.24) is 14.9 Å². The minimum atomic E-state index is 0.638. The molecule has 1 aromatic carbocycles. The van der Waals surface area contributed by atoms with E-state index >= 15 is 0 Å². The number of aromatic amines is 1. The van der Waals surface area contributed by atoms with Gasteiger partial charge in [0.15, 0.2) is 0 Å². The summed E-state index contributed by atoms with van der Waals surface area (Å²) in [6, 6.07) is 6.36. The summed E-state index contributed by atoms with van der Waals surface area (Å²) in [6.45, 7) is 6.19. The summed E-state index contributed by atoms with van der Waals surface area (Å²) >= 11 is 1.71. The highest BCUT2D eigenvalue weighted by atomic mass is 32.1. The Bertz CT molecular complexity index is 804. The third kappa shape index (κ3) is 3.72. The van der Waals surface area contributed by atoms with E-state index in [1.807, 2.05) is 5.51 Å². The molecule has 0 saturated carbocycles. The Kier molecular flexibility index (Phi) is 5.04. The van der Waals surface area contributed by atoms with E-state index in [1.165, 1.54) is 35.0 Å². The number of piperidine rings is 1. The predicted molar refractivity (Wildman–Crippen MR) is 103 cm³/mol. The molecular weight excluding hydrogens is 330 g/mol. The number of ether oxygens (including phenoxy) is 1. The van der Waals surface area contributed by atoms with Crippen LogP contribution in [0.15, 0.2) is 35.3 Å². The molecule has 0 unspecified atom stereocenters. The zero-order valence-corrected chi connectivity index (χ0v) is 15.5. The zero-order chi connectivity index (χ0) is 17.1. The van der Waals surface area contributed by atoms with Crippen molar-refractivity contribution < 1.29 is 4.74 Å². The molecule has 4 rings (SSSR count). The number of H-pyrrole nitrogens is 1. The molecule has 25 heavy (non-hydrogen) atoms. The van der Waals surface area contributed by atoms with E-state index in [-0.39, 0.29) is 0 Å². The van der Waals surface area contributed by atoms with Crippen LogP contribution in [-0.2, 0) is 6.54 Å². The highest BCUT2D eigenvalue weighted by molar-refractivity contribution is 7.07. The van der Waals surface area contributed by atoms with Crippen molar-refractivity contribution in [3.8, 4) is 5.75 Å². The summed E-state index contributed by atoms with van der Waals surface area (Å²) in [5.74, 6) is 1.61. The van der Waals surface area contributed by atoms with Gasteiger partial charge in [-0.25, -0.2) is 4.98 Å². The molecule has 0 aliphatic carbocycles. The molecule has 3 heterocycles. The van der Waals surface area contributed by atoms with Gasteiger partial charge in [-0.2, -0.15) is 0 Å². The molecule has 0 bridgehead atoms. The average molecular weight is 356 g/mol. The number of hydrogen-bond acceptors (Lipinski definition) is 4. The first-order chi connectivity index (χ1) is 12.3. The topological polar surface area (TPSA) is 41.1 Å². The number of aromatic nitrogens is 2. The van der Waals surface area contributed by atoms with Crippen LogP contribution < -0.4 is 4.74 Å². The number of nitrogens with zero attached hydrogens (tertiary/aromatic N) is 2. The molecule has 2 aromatic heterocycles. The van der Waals surface area contributed by atoms with Gasteiger partial charge in [0.05, 0.1) is 17.8 Å². The third-order valence-electron chi connectivity index (χ3n) is 5.06. The lowest BCUT2D eigenvalue weighted by Crippen LogP contribution is -2.32. The molecule has 1 N–H and O–H groups in total. The molecule has 0 amide bonds. The van der Waals surface area contributed by atoms with E-state index in [2.05, 4.69) is 51.6 Å². The van der Waals surface area contributed by atoms with Gasteiger partial charge in [-0.3, -0.25) is 4.90 Å². The molecule has 0 radical (unpaired) electrons. The summed E-state index contributed by atoms with van der Waals surface area (Å²) in [6.07, 6.45) is 5.60. The Hall–Kier alpha value is -1.85. The van der Waals surface area contributed by atoms with Crippen LogP contribution in [0.4, 0.5) is 0 Å². The van der Waals surface area contributed by atoms with Gasteiger partial charge < -0.3 is 9.72 Å². The number of benzene rings is 1. The van der Waals surface area contributed by atoms with Crippen LogP contribution in [0.3, 0.4) is 0 Å². The number of hydrogen-bond donors (Lipinski definition) is 1. The van der Waals surface area contributed by atoms with Gasteiger partial charge >= 0.3 is 0 Å². The predicted octanol–water partition coefficient (Wildman–Crippen LogP) is 4.79. The Balaban J connectivity index is 1.42. The van der Waals surface area contributed by atoms with Gasteiger partial charge in [0.25, 0.3) is 0 Å². The summed E-state index contributed by atoms with van der Waals surface area (Å²) in [5, 5.41) is 3.49. The first kappa shape index (κ1) is 16.6. The molecule has 5 heteroatoms. The van der Waals surface area contributed by atoms with E-state index in [1.54, 1.807) is 11.3 Å². The lowest BCUT2D eigenvalue weighted by Gasteiger charge is -2.31. The van der Waals surface area contributed by atoms with Crippen LogP contribution in [-0.4, -0.2) is 34.6 Å². The van der Waals surface area contributed by atoms with Gasteiger partial charge in [-0.1, -0.05) is 6.92 Å². The molecule has 1 fully saturated rings. The first-order valence-electron chi connectivity index (χ1n) is 9.16. The van der Waals surface area contributed by atoms with E-state index in [0.717, 1.165) is 38.4 Å². The number of thiazole rings is 1. The van der Waals surface area contributed by atoms with Crippen LogP contribution in [0.2, 0.25) is 0 Å². The van der Waals surface area contributed by atoms with Crippen LogP contribution in [0.25, 0.3) is 10.9 Å². The van der Waals surface area contributed by atoms with Crippen LogP contribution in [0.1, 0.15) is 43.4 Å². The Labute approximate surface area is 152 Å². The number of likely N-dealkylation sites (tertiary alicyclic amines) is 1. The molecule has 132 valence electrons. The second-order valence-electron chi connectivity index (χ2n) is 6.83. The molecule has 3 aromatic rings.